The molecule has 78 valence electrons. The summed E-state index contributed by atoms with van der Waals surface area (Å²) in [4.78, 5) is 4.02. The molecular formula is C13H11N3. The molecule has 0 aliphatic carbocycles. The lowest BCUT2D eigenvalue weighted by Gasteiger charge is -2.02. The number of para-hydroxylation sites is 1. The summed E-state index contributed by atoms with van der Waals surface area (Å²) in [6.45, 7) is 0. The molecule has 0 radical (unpaired) electrons. The third-order valence-corrected chi connectivity index (χ3v) is 2.71. The Morgan fingerprint density at radius 1 is 1.06 bits per heavy atom. The first-order valence-corrected chi connectivity index (χ1v) is 5.23. The zero-order valence-corrected chi connectivity index (χ0v) is 8.72. The number of aromatic nitrogens is 3. The molecule has 0 unspecified atom stereocenters. The highest BCUT2D eigenvalue weighted by Gasteiger charge is 2.03. The number of hydrogen-bond donors (Lipinski definition) is 1. The smallest absolute Gasteiger partial charge is 0.0685 e. The molecule has 3 nitrogen and oxygen atoms in total. The van der Waals surface area contributed by atoms with Gasteiger partial charge in [-0.3, -0.25) is 10.1 Å². The van der Waals surface area contributed by atoms with Crippen LogP contribution in [0.25, 0.3) is 10.9 Å². The van der Waals surface area contributed by atoms with Crippen molar-refractivity contribution in [3.63, 3.8) is 0 Å². The van der Waals surface area contributed by atoms with Crippen molar-refractivity contribution >= 4 is 10.9 Å². The molecule has 3 heteroatoms. The van der Waals surface area contributed by atoms with Crippen molar-refractivity contribution in [1.82, 2.24) is 15.2 Å². The summed E-state index contributed by atoms with van der Waals surface area (Å²) in [5, 5.41) is 8.27. The summed E-state index contributed by atoms with van der Waals surface area (Å²) < 4.78 is 0. The largest absolute Gasteiger partial charge is 0.278 e. The van der Waals surface area contributed by atoms with Crippen molar-refractivity contribution in [2.24, 2.45) is 0 Å². The predicted octanol–water partition coefficient (Wildman–Crippen LogP) is 2.55. The molecule has 0 fully saturated rings. The zero-order valence-electron chi connectivity index (χ0n) is 8.72. The number of benzene rings is 1. The Hall–Kier alpha value is -2.16. The topological polar surface area (TPSA) is 41.6 Å². The van der Waals surface area contributed by atoms with E-state index in [4.69, 9.17) is 0 Å². The summed E-state index contributed by atoms with van der Waals surface area (Å²) >= 11 is 0. The zero-order chi connectivity index (χ0) is 10.8. The quantitative estimate of drug-likeness (QED) is 0.704. The average molecular weight is 209 g/mol. The molecule has 0 spiro atoms. The van der Waals surface area contributed by atoms with Crippen LogP contribution in [-0.4, -0.2) is 15.2 Å². The van der Waals surface area contributed by atoms with E-state index in [1.54, 1.807) is 0 Å². The maximum absolute atomic E-state index is 4.07. The van der Waals surface area contributed by atoms with Crippen LogP contribution >= 0.6 is 0 Å². The fraction of sp³-hybridized carbons (Fsp3) is 0.0769. The number of nitrogens with one attached hydrogen (secondary N) is 1. The number of fused-ring (bicyclic) bond motifs is 1. The molecule has 0 aliphatic rings. The molecule has 16 heavy (non-hydrogen) atoms. The summed E-state index contributed by atoms with van der Waals surface area (Å²) in [5.74, 6) is 0. The number of rotatable bonds is 2. The van der Waals surface area contributed by atoms with Gasteiger partial charge in [-0.25, -0.2) is 0 Å². The van der Waals surface area contributed by atoms with E-state index < -0.39 is 0 Å². The molecule has 0 atom stereocenters. The molecule has 3 aromatic rings. The molecule has 0 aliphatic heterocycles. The number of H-pyrrole nitrogens is 1. The Labute approximate surface area is 93.2 Å². The van der Waals surface area contributed by atoms with E-state index in [1.165, 1.54) is 11.1 Å². The van der Waals surface area contributed by atoms with Crippen molar-refractivity contribution in [1.29, 1.82) is 0 Å². The molecule has 2 heterocycles. The minimum Gasteiger partial charge on any atom is -0.278 e. The molecule has 0 amide bonds. The molecule has 0 saturated heterocycles. The van der Waals surface area contributed by atoms with Crippen molar-refractivity contribution < 1.29 is 0 Å². The first-order chi connectivity index (χ1) is 7.93. The molecule has 0 bridgehead atoms. The van der Waals surface area contributed by atoms with Gasteiger partial charge in [-0.1, -0.05) is 18.2 Å². The molecular weight excluding hydrogens is 198 g/mol. The van der Waals surface area contributed by atoms with Gasteiger partial charge in [0.1, 0.15) is 0 Å². The van der Waals surface area contributed by atoms with Gasteiger partial charge in [0.25, 0.3) is 0 Å². The summed E-state index contributed by atoms with van der Waals surface area (Å²) in [6, 6.07) is 10.3. The Balaban J connectivity index is 2.04. The number of pyridine rings is 1. The first kappa shape index (κ1) is 9.09. The van der Waals surface area contributed by atoms with Gasteiger partial charge in [0, 0.05) is 17.8 Å². The monoisotopic (exact) mass is 209 g/mol. The van der Waals surface area contributed by atoms with Gasteiger partial charge in [0.2, 0.25) is 0 Å². The Morgan fingerprint density at radius 2 is 1.94 bits per heavy atom. The molecule has 3 rings (SSSR count). The van der Waals surface area contributed by atoms with Gasteiger partial charge >= 0.3 is 0 Å². The van der Waals surface area contributed by atoms with Crippen molar-refractivity contribution in [3.8, 4) is 0 Å². The average Bonchev–Trinajstić information content (AvgIpc) is 2.80. The molecule has 0 saturated carbocycles. The van der Waals surface area contributed by atoms with Crippen LogP contribution in [0, 0.1) is 0 Å². The second kappa shape index (κ2) is 3.77. The van der Waals surface area contributed by atoms with Crippen LogP contribution in [0.1, 0.15) is 11.1 Å². The van der Waals surface area contributed by atoms with Crippen molar-refractivity contribution in [2.75, 3.05) is 0 Å². The highest BCUT2D eigenvalue weighted by molar-refractivity contribution is 5.81. The SMILES string of the molecule is c1cc(Cc2ccncc2)c2[nH]ncc2c1. The standard InChI is InChI=1S/C13H11N3/c1-2-11(8-10-4-6-14-7-5-10)13-12(3-1)9-15-16-13/h1-7,9H,8H2,(H,15,16). The maximum Gasteiger partial charge on any atom is 0.0685 e. The fourth-order valence-electron chi connectivity index (χ4n) is 1.90. The maximum atomic E-state index is 4.07. The van der Waals surface area contributed by atoms with E-state index in [9.17, 15) is 0 Å². The van der Waals surface area contributed by atoms with Gasteiger partial charge in [-0.2, -0.15) is 5.10 Å². The Morgan fingerprint density at radius 3 is 2.81 bits per heavy atom. The van der Waals surface area contributed by atoms with E-state index >= 15 is 0 Å². The van der Waals surface area contributed by atoms with E-state index in [1.807, 2.05) is 30.7 Å². The Bertz CT molecular complexity index is 599. The lowest BCUT2D eigenvalue weighted by molar-refractivity contribution is 1.10. The van der Waals surface area contributed by atoms with Gasteiger partial charge in [-0.05, 0) is 29.7 Å². The highest BCUT2D eigenvalue weighted by atomic mass is 15.1. The van der Waals surface area contributed by atoms with Gasteiger partial charge in [0.05, 0.1) is 11.7 Å². The third kappa shape index (κ3) is 1.56. The minimum absolute atomic E-state index is 0.905. The van der Waals surface area contributed by atoms with Crippen LogP contribution in [0.5, 0.6) is 0 Å². The third-order valence-electron chi connectivity index (χ3n) is 2.71. The summed E-state index contributed by atoms with van der Waals surface area (Å²) in [7, 11) is 0. The second-order valence-electron chi connectivity index (χ2n) is 3.78. The predicted molar refractivity (Wildman–Crippen MR) is 63.1 cm³/mol. The van der Waals surface area contributed by atoms with E-state index in [0.717, 1.165) is 17.3 Å². The van der Waals surface area contributed by atoms with Crippen LogP contribution < -0.4 is 0 Å². The molecule has 1 N–H and O–H groups in total. The van der Waals surface area contributed by atoms with Crippen LogP contribution in [0.3, 0.4) is 0 Å². The van der Waals surface area contributed by atoms with Crippen molar-refractivity contribution in [2.45, 2.75) is 6.42 Å². The number of nitrogens with zero attached hydrogens (tertiary/aromatic N) is 2. The van der Waals surface area contributed by atoms with E-state index in [2.05, 4.69) is 33.4 Å². The number of hydrogen-bond acceptors (Lipinski definition) is 2. The highest BCUT2D eigenvalue weighted by Crippen LogP contribution is 2.18. The van der Waals surface area contributed by atoms with E-state index in [0.29, 0.717) is 0 Å². The fourth-order valence-corrected chi connectivity index (χ4v) is 1.90. The lowest BCUT2D eigenvalue weighted by Crippen LogP contribution is -1.89. The summed E-state index contributed by atoms with van der Waals surface area (Å²) in [6.07, 6.45) is 6.40. The van der Waals surface area contributed by atoms with Crippen LogP contribution in [-0.2, 0) is 6.42 Å². The van der Waals surface area contributed by atoms with Crippen molar-refractivity contribution in [3.05, 3.63) is 60.0 Å². The van der Waals surface area contributed by atoms with Gasteiger partial charge in [-0.15, -0.1) is 0 Å². The van der Waals surface area contributed by atoms with Crippen LogP contribution in [0.15, 0.2) is 48.9 Å². The summed E-state index contributed by atoms with van der Waals surface area (Å²) in [5.41, 5.74) is 3.65. The molecule has 1 aromatic carbocycles. The van der Waals surface area contributed by atoms with Gasteiger partial charge in [0.15, 0.2) is 0 Å². The lowest BCUT2D eigenvalue weighted by atomic mass is 10.0. The van der Waals surface area contributed by atoms with Crippen LogP contribution in [0.2, 0.25) is 0 Å². The number of aromatic amines is 1. The van der Waals surface area contributed by atoms with Crippen LogP contribution in [0.4, 0.5) is 0 Å². The van der Waals surface area contributed by atoms with Gasteiger partial charge < -0.3 is 0 Å². The first-order valence-electron chi connectivity index (χ1n) is 5.23. The Kier molecular flexibility index (Phi) is 2.14. The second-order valence-corrected chi connectivity index (χ2v) is 3.78. The molecule has 2 aromatic heterocycles. The minimum atomic E-state index is 0.905. The van der Waals surface area contributed by atoms with E-state index in [-0.39, 0.29) is 0 Å². The normalized spacial score (nSPS) is 10.8.